The molecule has 1 aliphatic carbocycles. The molecule has 0 fully saturated rings. The first kappa shape index (κ1) is 22.7. The van der Waals surface area contributed by atoms with Crippen molar-refractivity contribution in [2.45, 2.75) is 36.6 Å². The van der Waals surface area contributed by atoms with Crippen LogP contribution in [0.2, 0.25) is 10.0 Å². The Balaban J connectivity index is 1.39. The molecule has 7 heteroatoms. The second-order valence-corrected chi connectivity index (χ2v) is 9.61. The highest BCUT2D eigenvalue weighted by molar-refractivity contribution is 7.99. The number of hydrogen-bond donors (Lipinski definition) is 1. The summed E-state index contributed by atoms with van der Waals surface area (Å²) in [6, 6.07) is 19.7. The van der Waals surface area contributed by atoms with Crippen LogP contribution in [-0.2, 0) is 17.6 Å². The van der Waals surface area contributed by atoms with Gasteiger partial charge in [0, 0.05) is 22.9 Å². The Bertz CT molecular complexity index is 1180. The number of nitrogens with one attached hydrogen (secondary N) is 1. The monoisotopic (exact) mass is 481 g/mol. The van der Waals surface area contributed by atoms with Gasteiger partial charge in [-0.2, -0.15) is 5.26 Å². The number of rotatable bonds is 6. The zero-order valence-corrected chi connectivity index (χ0v) is 19.6. The Morgan fingerprint density at radius 2 is 2.00 bits per heavy atom. The molecular weight excluding hydrogens is 461 g/mol. The fourth-order valence-corrected chi connectivity index (χ4v) is 5.14. The number of aryl methyl sites for hydroxylation is 1. The number of nitriles is 1. The number of amides is 1. The first-order valence-electron chi connectivity index (χ1n) is 10.4. The molecule has 3 aromatic rings. The summed E-state index contributed by atoms with van der Waals surface area (Å²) in [4.78, 5) is 17.1. The van der Waals surface area contributed by atoms with Gasteiger partial charge in [-0.15, -0.1) is 11.8 Å². The molecule has 32 heavy (non-hydrogen) atoms. The van der Waals surface area contributed by atoms with E-state index in [9.17, 15) is 10.1 Å². The van der Waals surface area contributed by atoms with Gasteiger partial charge in [-0.05, 0) is 60.6 Å². The van der Waals surface area contributed by atoms with Gasteiger partial charge in [-0.25, -0.2) is 4.98 Å². The molecule has 0 aliphatic heterocycles. The van der Waals surface area contributed by atoms with Crippen LogP contribution in [-0.4, -0.2) is 16.6 Å². The molecule has 1 atom stereocenters. The van der Waals surface area contributed by atoms with E-state index in [4.69, 9.17) is 28.2 Å². The maximum atomic E-state index is 12.3. The molecule has 0 saturated carbocycles. The lowest BCUT2D eigenvalue weighted by atomic mass is 9.82. The van der Waals surface area contributed by atoms with Crippen molar-refractivity contribution in [2.75, 3.05) is 11.1 Å². The number of pyridine rings is 1. The molecule has 4 rings (SSSR count). The minimum Gasteiger partial charge on any atom is -0.325 e. The van der Waals surface area contributed by atoms with Crippen LogP contribution in [0, 0.1) is 11.3 Å². The number of halogens is 2. The van der Waals surface area contributed by atoms with Gasteiger partial charge in [0.15, 0.2) is 0 Å². The summed E-state index contributed by atoms with van der Waals surface area (Å²) in [5.41, 5.74) is 4.61. The number of anilines is 1. The number of aromatic nitrogens is 1. The van der Waals surface area contributed by atoms with E-state index in [1.54, 1.807) is 18.2 Å². The lowest BCUT2D eigenvalue weighted by molar-refractivity contribution is -0.115. The van der Waals surface area contributed by atoms with Crippen LogP contribution in [0.5, 0.6) is 0 Å². The third-order valence-corrected chi connectivity index (χ3v) is 7.07. The molecule has 1 aliphatic rings. The van der Waals surface area contributed by atoms with Crippen LogP contribution >= 0.6 is 35.0 Å². The first-order valence-corrected chi connectivity index (χ1v) is 12.1. The number of carbonyl (C=O) groups is 1. The molecular formula is C25H21Cl2N3OS. The average Bonchev–Trinajstić information content (AvgIpc) is 2.81. The SMILES string of the molecule is N#Cc1cc2c(nc1SCCC(=O)Nc1cc(Cl)ccc1Cl)CCC(c1ccccc1)C2. The Morgan fingerprint density at radius 1 is 1.19 bits per heavy atom. The maximum absolute atomic E-state index is 12.3. The van der Waals surface area contributed by atoms with Crippen molar-refractivity contribution in [3.05, 3.63) is 87.0 Å². The molecule has 1 amide bonds. The Kier molecular flexibility index (Phi) is 7.36. The molecule has 1 unspecified atom stereocenters. The highest BCUT2D eigenvalue weighted by atomic mass is 35.5. The smallest absolute Gasteiger partial charge is 0.225 e. The summed E-state index contributed by atoms with van der Waals surface area (Å²) in [5, 5.41) is 14.1. The minimum absolute atomic E-state index is 0.163. The number of benzene rings is 2. The van der Waals surface area contributed by atoms with Crippen LogP contribution in [0.1, 0.15) is 41.1 Å². The highest BCUT2D eigenvalue weighted by Gasteiger charge is 2.23. The van der Waals surface area contributed by atoms with Crippen molar-refractivity contribution in [1.29, 1.82) is 5.26 Å². The third kappa shape index (κ3) is 5.45. The van der Waals surface area contributed by atoms with Gasteiger partial charge >= 0.3 is 0 Å². The molecule has 1 heterocycles. The molecule has 0 bridgehead atoms. The van der Waals surface area contributed by atoms with E-state index in [0.29, 0.717) is 38.0 Å². The second-order valence-electron chi connectivity index (χ2n) is 7.68. The number of thioether (sulfide) groups is 1. The molecule has 1 aromatic heterocycles. The number of hydrogen-bond acceptors (Lipinski definition) is 4. The zero-order valence-electron chi connectivity index (χ0n) is 17.3. The Morgan fingerprint density at radius 3 is 2.78 bits per heavy atom. The molecule has 0 saturated heterocycles. The number of nitrogens with zero attached hydrogens (tertiary/aromatic N) is 2. The molecule has 0 spiro atoms. The van der Waals surface area contributed by atoms with E-state index in [1.165, 1.54) is 17.3 Å². The second kappa shape index (κ2) is 10.4. The van der Waals surface area contributed by atoms with E-state index in [1.807, 2.05) is 12.1 Å². The quantitative estimate of drug-likeness (QED) is 0.400. The van der Waals surface area contributed by atoms with Crippen molar-refractivity contribution < 1.29 is 4.79 Å². The topological polar surface area (TPSA) is 65.8 Å². The largest absolute Gasteiger partial charge is 0.325 e. The third-order valence-electron chi connectivity index (χ3n) is 5.51. The van der Waals surface area contributed by atoms with Gasteiger partial charge in [0.05, 0.1) is 16.3 Å². The van der Waals surface area contributed by atoms with Gasteiger partial charge in [0.1, 0.15) is 11.1 Å². The average molecular weight is 482 g/mol. The number of carbonyl (C=O) groups excluding carboxylic acids is 1. The van der Waals surface area contributed by atoms with Crippen molar-refractivity contribution in [3.63, 3.8) is 0 Å². The fourth-order valence-electron chi connectivity index (χ4n) is 3.89. The van der Waals surface area contributed by atoms with Crippen LogP contribution in [0.3, 0.4) is 0 Å². The summed E-state index contributed by atoms with van der Waals surface area (Å²) >= 11 is 13.5. The summed E-state index contributed by atoms with van der Waals surface area (Å²) in [6.45, 7) is 0. The summed E-state index contributed by atoms with van der Waals surface area (Å²) in [5.74, 6) is 0.804. The predicted octanol–water partition coefficient (Wildman–Crippen LogP) is 6.65. The van der Waals surface area contributed by atoms with Crippen molar-refractivity contribution in [2.24, 2.45) is 0 Å². The van der Waals surface area contributed by atoms with Crippen molar-refractivity contribution >= 4 is 46.6 Å². The summed E-state index contributed by atoms with van der Waals surface area (Å²) < 4.78 is 0. The van der Waals surface area contributed by atoms with E-state index in [-0.39, 0.29) is 12.3 Å². The van der Waals surface area contributed by atoms with Crippen LogP contribution in [0.15, 0.2) is 59.6 Å². The van der Waals surface area contributed by atoms with Gasteiger partial charge in [0.25, 0.3) is 0 Å². The molecule has 0 radical (unpaired) electrons. The molecule has 4 nitrogen and oxygen atoms in total. The normalized spacial score (nSPS) is 15.0. The van der Waals surface area contributed by atoms with Crippen LogP contribution in [0.4, 0.5) is 5.69 Å². The van der Waals surface area contributed by atoms with Crippen molar-refractivity contribution in [3.8, 4) is 6.07 Å². The summed E-state index contributed by atoms with van der Waals surface area (Å²) in [7, 11) is 0. The molecule has 1 N–H and O–H groups in total. The van der Waals surface area contributed by atoms with Crippen LogP contribution < -0.4 is 5.32 Å². The van der Waals surface area contributed by atoms with Gasteiger partial charge < -0.3 is 5.32 Å². The Labute approximate surface area is 202 Å². The highest BCUT2D eigenvalue weighted by Crippen LogP contribution is 2.34. The minimum atomic E-state index is -0.163. The van der Waals surface area contributed by atoms with E-state index in [2.05, 4.69) is 35.7 Å². The van der Waals surface area contributed by atoms with Gasteiger partial charge in [-0.1, -0.05) is 53.5 Å². The molecule has 162 valence electrons. The van der Waals surface area contributed by atoms with E-state index >= 15 is 0 Å². The van der Waals surface area contributed by atoms with Crippen molar-refractivity contribution in [1.82, 2.24) is 4.98 Å². The van der Waals surface area contributed by atoms with Crippen LogP contribution in [0.25, 0.3) is 0 Å². The first-order chi connectivity index (χ1) is 15.5. The maximum Gasteiger partial charge on any atom is 0.225 e. The van der Waals surface area contributed by atoms with E-state index in [0.717, 1.165) is 30.5 Å². The van der Waals surface area contributed by atoms with Gasteiger partial charge in [0.2, 0.25) is 5.91 Å². The predicted molar refractivity (Wildman–Crippen MR) is 131 cm³/mol. The zero-order chi connectivity index (χ0) is 22.5. The lowest BCUT2D eigenvalue weighted by Crippen LogP contribution is -2.15. The molecule has 2 aromatic carbocycles. The van der Waals surface area contributed by atoms with E-state index < -0.39 is 0 Å². The Hall–Kier alpha value is -2.52. The lowest BCUT2D eigenvalue weighted by Gasteiger charge is -2.25. The fraction of sp³-hybridized carbons (Fsp3) is 0.240. The number of fused-ring (bicyclic) bond motifs is 1. The standard InChI is InChI=1S/C25H21Cl2N3OS/c26-20-7-8-21(27)23(14-20)29-24(31)10-11-32-25-19(15-28)13-18-12-17(6-9-22(18)30-25)16-4-2-1-3-5-16/h1-5,7-8,13-14,17H,6,9-12H2,(H,29,31). The summed E-state index contributed by atoms with van der Waals surface area (Å²) in [6.07, 6.45) is 3.10. The van der Waals surface area contributed by atoms with Gasteiger partial charge in [-0.3, -0.25) is 4.79 Å².